The van der Waals surface area contributed by atoms with Crippen LogP contribution in [-0.4, -0.2) is 95.9 Å². The van der Waals surface area contributed by atoms with Crippen LogP contribution in [-0.2, 0) is 25.2 Å². The van der Waals surface area contributed by atoms with E-state index in [1.54, 1.807) is 53.4 Å². The summed E-state index contributed by atoms with van der Waals surface area (Å²) in [7, 11) is -0.415. The smallest absolute Gasteiger partial charge is 0.411 e. The second-order valence-electron chi connectivity index (χ2n) is 11.9. The number of rotatable bonds is 8. The van der Waals surface area contributed by atoms with Crippen molar-refractivity contribution < 1.29 is 37.0 Å². The molecular weight excluding hydrogens is 624 g/mol. The molecule has 0 N–H and O–H groups in total. The highest BCUT2D eigenvalue weighted by Gasteiger charge is 2.62. The van der Waals surface area contributed by atoms with Gasteiger partial charge < -0.3 is 23.8 Å². The molecule has 3 aromatic rings. The lowest BCUT2D eigenvalue weighted by molar-refractivity contribution is -0.133. The lowest BCUT2D eigenvalue weighted by atomic mass is 9.85. The lowest BCUT2D eigenvalue weighted by Gasteiger charge is -2.43. The molecule has 2 saturated heterocycles. The third kappa shape index (κ3) is 5.55. The topological polar surface area (TPSA) is 118 Å². The summed E-state index contributed by atoms with van der Waals surface area (Å²) >= 11 is 0. The van der Waals surface area contributed by atoms with Gasteiger partial charge in [0.1, 0.15) is 22.1 Å². The first-order valence-electron chi connectivity index (χ1n) is 15.7. The Balaban J connectivity index is 1.44. The largest absolute Gasteiger partial charge is 0.496 e. The number of anilines is 1. The van der Waals surface area contributed by atoms with Crippen molar-refractivity contribution in [2.24, 2.45) is 5.92 Å². The average molecular weight is 665 g/mol. The number of methoxy groups -OCH3 is 3. The molecule has 2 fully saturated rings. The minimum atomic E-state index is -4.61. The maximum atomic E-state index is 15.0. The van der Waals surface area contributed by atoms with Gasteiger partial charge in [0.15, 0.2) is 0 Å². The molecule has 3 aliphatic rings. The second-order valence-corrected chi connectivity index (χ2v) is 13.7. The highest BCUT2D eigenvalue weighted by molar-refractivity contribution is 7.93. The fourth-order valence-electron chi connectivity index (χ4n) is 6.71. The van der Waals surface area contributed by atoms with E-state index in [1.807, 2.05) is 0 Å². The van der Waals surface area contributed by atoms with Gasteiger partial charge in [0.05, 0.1) is 38.1 Å². The average Bonchev–Trinajstić information content (AvgIpc) is 3.36. The van der Waals surface area contributed by atoms with E-state index in [4.69, 9.17) is 18.9 Å². The number of hydrazine groups is 1. The summed E-state index contributed by atoms with van der Waals surface area (Å²) in [5, 5.41) is 4.62. The molecule has 1 atom stereocenters. The van der Waals surface area contributed by atoms with Gasteiger partial charge >= 0.3 is 6.09 Å². The first kappa shape index (κ1) is 32.6. The number of amides is 2. The van der Waals surface area contributed by atoms with E-state index in [1.165, 1.54) is 39.5 Å². The summed E-state index contributed by atoms with van der Waals surface area (Å²) in [5.41, 5.74) is -2.06. The number of carbonyl (C=O) groups excluding carboxylic acids is 2. The van der Waals surface area contributed by atoms with Crippen LogP contribution >= 0.6 is 0 Å². The molecule has 0 saturated carbocycles. The summed E-state index contributed by atoms with van der Waals surface area (Å²) < 4.78 is 52.7. The summed E-state index contributed by atoms with van der Waals surface area (Å²) in [6, 6.07) is 17.3. The van der Waals surface area contributed by atoms with Crippen molar-refractivity contribution in [3.8, 4) is 17.2 Å². The molecule has 250 valence electrons. The summed E-state index contributed by atoms with van der Waals surface area (Å²) in [5.74, 6) is 0.130. The number of piperidine rings is 1. The Morgan fingerprint density at radius 3 is 1.98 bits per heavy atom. The van der Waals surface area contributed by atoms with Crippen LogP contribution in [0.2, 0.25) is 0 Å². The third-order valence-electron chi connectivity index (χ3n) is 9.27. The number of nitrogens with zero attached hydrogens (tertiary/aromatic N) is 4. The number of carbonyl (C=O) groups is 2. The number of sulfonamides is 1. The van der Waals surface area contributed by atoms with Crippen molar-refractivity contribution in [2.45, 2.75) is 30.3 Å². The zero-order chi connectivity index (χ0) is 33.3. The van der Waals surface area contributed by atoms with Gasteiger partial charge in [-0.3, -0.25) is 4.79 Å². The quantitative estimate of drug-likeness (QED) is 0.349. The minimum absolute atomic E-state index is 0.0110. The van der Waals surface area contributed by atoms with Gasteiger partial charge in [-0.2, -0.15) is 4.31 Å². The van der Waals surface area contributed by atoms with Crippen LogP contribution in [0.3, 0.4) is 0 Å². The van der Waals surface area contributed by atoms with Crippen LogP contribution in [0.1, 0.15) is 30.9 Å². The molecule has 12 nitrogen and oxygen atoms in total. The molecule has 6 rings (SSSR count). The Bertz CT molecular complexity index is 1750. The summed E-state index contributed by atoms with van der Waals surface area (Å²) in [4.78, 5) is 30.5. The SMILES string of the molecule is COc1ccccc1C1(OC(=O)N2CCN(N3CCC(C)CC3)CC2)C(=O)N(S(=O)(=O)c2ccccc2OC)c2cccc(OC)c21. The Morgan fingerprint density at radius 2 is 1.32 bits per heavy atom. The molecular formula is C34H40N4O8S. The zero-order valence-corrected chi connectivity index (χ0v) is 27.9. The molecule has 0 aromatic heterocycles. The molecule has 3 aliphatic heterocycles. The molecule has 3 aromatic carbocycles. The maximum absolute atomic E-state index is 15.0. The Morgan fingerprint density at radius 1 is 0.745 bits per heavy atom. The van der Waals surface area contributed by atoms with E-state index in [2.05, 4.69) is 16.9 Å². The van der Waals surface area contributed by atoms with Gasteiger partial charge in [-0.25, -0.2) is 23.2 Å². The summed E-state index contributed by atoms with van der Waals surface area (Å²) in [6.45, 7) is 6.16. The van der Waals surface area contributed by atoms with Crippen molar-refractivity contribution in [3.05, 3.63) is 77.9 Å². The second kappa shape index (κ2) is 13.1. The minimum Gasteiger partial charge on any atom is -0.496 e. The number of hydrogen-bond acceptors (Lipinski definition) is 10. The van der Waals surface area contributed by atoms with Gasteiger partial charge in [-0.1, -0.05) is 43.3 Å². The number of hydrogen-bond donors (Lipinski definition) is 0. The molecule has 47 heavy (non-hydrogen) atoms. The standard InChI is InChI=1S/C34H40N4O8S/c1-24-16-18-36(19-17-24)37-22-20-35(21-23-37)33(40)46-34(25-10-5-6-12-27(25)43-2)31-26(11-9-14-29(31)45-4)38(32(34)39)47(41,42)30-15-8-7-13-28(30)44-3/h5-15,24H,16-23H2,1-4H3. The van der Waals surface area contributed by atoms with Crippen LogP contribution in [0.15, 0.2) is 71.6 Å². The Hall–Kier alpha value is -4.33. The van der Waals surface area contributed by atoms with E-state index in [0.717, 1.165) is 25.9 Å². The number of para-hydroxylation sites is 2. The highest BCUT2D eigenvalue weighted by atomic mass is 32.2. The zero-order valence-electron chi connectivity index (χ0n) is 27.0. The molecule has 0 radical (unpaired) electrons. The molecule has 2 amide bonds. The van der Waals surface area contributed by atoms with Crippen molar-refractivity contribution in [1.29, 1.82) is 0 Å². The number of benzene rings is 3. The maximum Gasteiger partial charge on any atom is 0.411 e. The fourth-order valence-corrected chi connectivity index (χ4v) is 8.32. The van der Waals surface area contributed by atoms with E-state index >= 15 is 4.79 Å². The predicted octanol–water partition coefficient (Wildman–Crippen LogP) is 4.09. The first-order chi connectivity index (χ1) is 22.7. The number of ether oxygens (including phenoxy) is 4. The number of piperazine rings is 1. The van der Waals surface area contributed by atoms with Crippen LogP contribution in [0.4, 0.5) is 10.5 Å². The fraction of sp³-hybridized carbons (Fsp3) is 0.412. The van der Waals surface area contributed by atoms with E-state index in [0.29, 0.717) is 36.4 Å². The van der Waals surface area contributed by atoms with Crippen molar-refractivity contribution in [3.63, 3.8) is 0 Å². The first-order valence-corrected chi connectivity index (χ1v) is 17.1. The van der Waals surface area contributed by atoms with Gasteiger partial charge in [-0.05, 0) is 49.1 Å². The molecule has 0 spiro atoms. The van der Waals surface area contributed by atoms with E-state index in [9.17, 15) is 13.2 Å². The van der Waals surface area contributed by atoms with Crippen molar-refractivity contribution in [2.75, 3.05) is 64.9 Å². The Kier molecular flexibility index (Phi) is 9.05. The lowest BCUT2D eigenvalue weighted by Crippen LogP contribution is -2.57. The highest BCUT2D eigenvalue weighted by Crippen LogP contribution is 2.55. The molecule has 0 aliphatic carbocycles. The van der Waals surface area contributed by atoms with Gasteiger partial charge in [0, 0.05) is 39.3 Å². The van der Waals surface area contributed by atoms with Gasteiger partial charge in [0.25, 0.3) is 21.5 Å². The molecule has 3 heterocycles. The van der Waals surface area contributed by atoms with E-state index < -0.39 is 27.6 Å². The molecule has 0 bridgehead atoms. The monoisotopic (exact) mass is 664 g/mol. The van der Waals surface area contributed by atoms with Crippen LogP contribution in [0, 0.1) is 5.92 Å². The summed E-state index contributed by atoms with van der Waals surface area (Å²) in [6.07, 6.45) is 1.49. The Labute approximate surface area is 275 Å². The molecule has 13 heteroatoms. The van der Waals surface area contributed by atoms with Crippen molar-refractivity contribution in [1.82, 2.24) is 14.9 Å². The van der Waals surface area contributed by atoms with Crippen molar-refractivity contribution >= 4 is 27.7 Å². The van der Waals surface area contributed by atoms with Crippen LogP contribution in [0.5, 0.6) is 17.2 Å². The van der Waals surface area contributed by atoms with Crippen LogP contribution in [0.25, 0.3) is 0 Å². The normalized spacial score (nSPS) is 21.0. The van der Waals surface area contributed by atoms with Gasteiger partial charge in [-0.15, -0.1) is 0 Å². The number of fused-ring (bicyclic) bond motifs is 1. The predicted molar refractivity (Wildman–Crippen MR) is 174 cm³/mol. The van der Waals surface area contributed by atoms with E-state index in [-0.39, 0.29) is 39.0 Å². The van der Waals surface area contributed by atoms with Gasteiger partial charge in [0.2, 0.25) is 0 Å². The molecule has 1 unspecified atom stereocenters. The third-order valence-corrected chi connectivity index (χ3v) is 11.0. The van der Waals surface area contributed by atoms with Crippen LogP contribution < -0.4 is 18.5 Å².